The number of fused-ring (bicyclic) bond motifs is 1. The van der Waals surface area contributed by atoms with Crippen molar-refractivity contribution in [2.45, 2.75) is 12.6 Å². The fraction of sp³-hybridized carbons (Fsp3) is 0.278. The summed E-state index contributed by atoms with van der Waals surface area (Å²) < 4.78 is 40.1. The summed E-state index contributed by atoms with van der Waals surface area (Å²) in [4.78, 5) is 16.9. The van der Waals surface area contributed by atoms with Crippen molar-refractivity contribution in [2.24, 2.45) is 5.92 Å². The van der Waals surface area contributed by atoms with E-state index in [-0.39, 0.29) is 40.5 Å². The molecular formula is C18H15F3N4O2. The fourth-order valence-corrected chi connectivity index (χ4v) is 3.09. The van der Waals surface area contributed by atoms with Crippen LogP contribution in [0.25, 0.3) is 22.3 Å². The average Bonchev–Trinajstić information content (AvgIpc) is 3.02. The number of nitrogens with one attached hydrogen (secondary N) is 2. The van der Waals surface area contributed by atoms with Gasteiger partial charge in [-0.25, -0.2) is 4.98 Å². The predicted molar refractivity (Wildman–Crippen MR) is 91.3 cm³/mol. The Balaban J connectivity index is 1.87. The summed E-state index contributed by atoms with van der Waals surface area (Å²) >= 11 is 0. The zero-order chi connectivity index (χ0) is 19.2. The fourth-order valence-electron chi connectivity index (χ4n) is 3.09. The van der Waals surface area contributed by atoms with Gasteiger partial charge in [0.15, 0.2) is 11.4 Å². The lowest BCUT2D eigenvalue weighted by Crippen LogP contribution is -2.42. The number of phenols is 1. The largest absolute Gasteiger partial charge is 0.508 e. The Bertz CT molecular complexity index is 1010. The summed E-state index contributed by atoms with van der Waals surface area (Å²) in [5.41, 5.74) is -0.403. The van der Waals surface area contributed by atoms with Crippen LogP contribution in [0.5, 0.6) is 5.75 Å². The smallest absolute Gasteiger partial charge is 0.433 e. The van der Waals surface area contributed by atoms with Gasteiger partial charge < -0.3 is 10.4 Å². The number of rotatable bonds is 4. The molecule has 140 valence electrons. The van der Waals surface area contributed by atoms with Crippen LogP contribution >= 0.6 is 0 Å². The number of aromatic nitrogens is 3. The summed E-state index contributed by atoms with van der Waals surface area (Å²) in [7, 11) is 0. The zero-order valence-electron chi connectivity index (χ0n) is 14.0. The van der Waals surface area contributed by atoms with Crippen LogP contribution in [0.1, 0.15) is 22.5 Å². The van der Waals surface area contributed by atoms with Gasteiger partial charge in [0, 0.05) is 17.5 Å². The predicted octanol–water partition coefficient (Wildman–Crippen LogP) is 3.14. The van der Waals surface area contributed by atoms with Crippen LogP contribution < -0.4 is 5.32 Å². The van der Waals surface area contributed by atoms with Crippen LogP contribution in [-0.2, 0) is 6.18 Å². The Labute approximate surface area is 151 Å². The minimum atomic E-state index is -4.68. The zero-order valence-corrected chi connectivity index (χ0v) is 14.0. The lowest BCUT2D eigenvalue weighted by molar-refractivity contribution is -0.139. The van der Waals surface area contributed by atoms with Gasteiger partial charge in [0.05, 0.1) is 11.1 Å². The van der Waals surface area contributed by atoms with Gasteiger partial charge in [-0.15, -0.1) is 0 Å². The molecule has 0 radical (unpaired) electrons. The van der Waals surface area contributed by atoms with Gasteiger partial charge in [-0.3, -0.25) is 9.89 Å². The molecule has 6 nitrogen and oxygen atoms in total. The van der Waals surface area contributed by atoms with E-state index in [4.69, 9.17) is 0 Å². The minimum absolute atomic E-state index is 0.0453. The highest BCUT2D eigenvalue weighted by Gasteiger charge is 2.37. The van der Waals surface area contributed by atoms with Crippen molar-refractivity contribution in [3.05, 3.63) is 41.6 Å². The van der Waals surface area contributed by atoms with Crippen molar-refractivity contribution in [3.8, 4) is 17.0 Å². The standard InChI is InChI=1S/C18H15F3N4O2/c19-18(20,21)16-15-12(14(27)5-9-7-22-8-9)6-13(23-17(15)25-24-16)10-1-3-11(26)4-2-10/h1-4,6,9,22,26H,5,7-8H2,(H,23,24,25). The van der Waals surface area contributed by atoms with Gasteiger partial charge in [-0.05, 0) is 49.3 Å². The molecule has 1 aromatic carbocycles. The van der Waals surface area contributed by atoms with Gasteiger partial charge in [0.1, 0.15) is 11.4 Å². The number of carbonyl (C=O) groups excluding carboxylic acids is 1. The maximum atomic E-state index is 13.4. The molecule has 0 amide bonds. The molecule has 0 bridgehead atoms. The quantitative estimate of drug-likeness (QED) is 0.609. The molecule has 2 aromatic heterocycles. The molecule has 1 saturated heterocycles. The summed E-state index contributed by atoms with van der Waals surface area (Å²) in [6, 6.07) is 7.40. The van der Waals surface area contributed by atoms with Gasteiger partial charge in [0.2, 0.25) is 0 Å². The number of benzene rings is 1. The van der Waals surface area contributed by atoms with Crippen LogP contribution in [0.3, 0.4) is 0 Å². The molecule has 27 heavy (non-hydrogen) atoms. The first kappa shape index (κ1) is 17.5. The van der Waals surface area contributed by atoms with Crippen LogP contribution in [0.4, 0.5) is 13.2 Å². The number of Topliss-reactive ketones (excluding diaryl/α,β-unsaturated/α-hetero) is 1. The number of nitrogens with zero attached hydrogens (tertiary/aromatic N) is 2. The van der Waals surface area contributed by atoms with E-state index in [1.807, 2.05) is 5.10 Å². The molecule has 0 aliphatic carbocycles. The van der Waals surface area contributed by atoms with Crippen LogP contribution in [0.2, 0.25) is 0 Å². The molecule has 0 spiro atoms. The van der Waals surface area contributed by atoms with Crippen LogP contribution in [0, 0.1) is 5.92 Å². The molecule has 4 rings (SSSR count). The Morgan fingerprint density at radius 1 is 1.22 bits per heavy atom. The highest BCUT2D eigenvalue weighted by molar-refractivity contribution is 6.08. The molecule has 1 aliphatic rings. The van der Waals surface area contributed by atoms with E-state index in [0.717, 1.165) is 0 Å². The summed E-state index contributed by atoms with van der Waals surface area (Å²) in [6.07, 6.45) is -4.52. The van der Waals surface area contributed by atoms with E-state index in [2.05, 4.69) is 15.4 Å². The second-order valence-corrected chi connectivity index (χ2v) is 6.55. The molecule has 0 unspecified atom stereocenters. The Morgan fingerprint density at radius 2 is 1.93 bits per heavy atom. The van der Waals surface area contributed by atoms with E-state index in [1.54, 1.807) is 12.1 Å². The van der Waals surface area contributed by atoms with Crippen LogP contribution in [0.15, 0.2) is 30.3 Å². The summed E-state index contributed by atoms with van der Waals surface area (Å²) in [5, 5.41) is 17.8. The number of hydrogen-bond donors (Lipinski definition) is 3. The third-order valence-corrected chi connectivity index (χ3v) is 4.61. The van der Waals surface area contributed by atoms with Crippen molar-refractivity contribution in [1.29, 1.82) is 0 Å². The van der Waals surface area contributed by atoms with Crippen molar-refractivity contribution in [2.75, 3.05) is 13.1 Å². The number of halogens is 3. The minimum Gasteiger partial charge on any atom is -0.508 e. The number of H-pyrrole nitrogens is 1. The third kappa shape index (κ3) is 3.25. The first-order valence-corrected chi connectivity index (χ1v) is 8.32. The maximum absolute atomic E-state index is 13.4. The van der Waals surface area contributed by atoms with E-state index >= 15 is 0 Å². The van der Waals surface area contributed by atoms with Crippen molar-refractivity contribution in [3.63, 3.8) is 0 Å². The lowest BCUT2D eigenvalue weighted by Gasteiger charge is -2.26. The second kappa shape index (κ2) is 6.34. The van der Waals surface area contributed by atoms with E-state index in [1.165, 1.54) is 18.2 Å². The number of aromatic amines is 1. The van der Waals surface area contributed by atoms with Gasteiger partial charge in [0.25, 0.3) is 0 Å². The average molecular weight is 376 g/mol. The topological polar surface area (TPSA) is 90.9 Å². The van der Waals surface area contributed by atoms with Crippen molar-refractivity contribution >= 4 is 16.8 Å². The molecule has 1 aliphatic heterocycles. The molecule has 3 N–H and O–H groups in total. The number of alkyl halides is 3. The Morgan fingerprint density at radius 3 is 2.52 bits per heavy atom. The highest BCUT2D eigenvalue weighted by Crippen LogP contribution is 2.36. The monoisotopic (exact) mass is 376 g/mol. The molecule has 0 saturated carbocycles. The van der Waals surface area contributed by atoms with Gasteiger partial charge in [-0.1, -0.05) is 0 Å². The number of carbonyl (C=O) groups is 1. The van der Waals surface area contributed by atoms with E-state index in [0.29, 0.717) is 24.3 Å². The summed E-state index contributed by atoms with van der Waals surface area (Å²) in [5.74, 6) is -0.215. The van der Waals surface area contributed by atoms with Crippen molar-refractivity contribution < 1.29 is 23.1 Å². The number of aromatic hydroxyl groups is 1. The molecular weight excluding hydrogens is 361 g/mol. The number of phenolic OH excluding ortho intramolecular Hbond substituents is 1. The van der Waals surface area contributed by atoms with Crippen LogP contribution in [-0.4, -0.2) is 39.2 Å². The van der Waals surface area contributed by atoms with E-state index in [9.17, 15) is 23.1 Å². The Hall–Kier alpha value is -2.94. The first-order valence-electron chi connectivity index (χ1n) is 8.32. The summed E-state index contributed by atoms with van der Waals surface area (Å²) in [6.45, 7) is 1.34. The molecule has 3 aromatic rings. The normalized spacial score (nSPS) is 15.1. The molecule has 1 fully saturated rings. The molecule has 0 atom stereocenters. The molecule has 3 heterocycles. The first-order chi connectivity index (χ1) is 12.8. The highest BCUT2D eigenvalue weighted by atomic mass is 19.4. The van der Waals surface area contributed by atoms with Gasteiger partial charge in [-0.2, -0.15) is 18.3 Å². The van der Waals surface area contributed by atoms with Gasteiger partial charge >= 0.3 is 6.18 Å². The number of ketones is 1. The van der Waals surface area contributed by atoms with E-state index < -0.39 is 11.9 Å². The Kier molecular flexibility index (Phi) is 4.11. The SMILES string of the molecule is O=C(CC1CNC1)c1cc(-c2ccc(O)cc2)nc2n[nH]c(C(F)(F)F)c12. The maximum Gasteiger partial charge on any atom is 0.433 e. The van der Waals surface area contributed by atoms with Crippen molar-refractivity contribution in [1.82, 2.24) is 20.5 Å². The molecule has 9 heteroatoms. The second-order valence-electron chi connectivity index (χ2n) is 6.55. The number of pyridine rings is 1. The lowest BCUT2D eigenvalue weighted by atomic mass is 9.92. The number of hydrogen-bond acceptors (Lipinski definition) is 5. The third-order valence-electron chi connectivity index (χ3n) is 4.61.